The normalized spacial score (nSPS) is 21.8. The van der Waals surface area contributed by atoms with Crippen molar-refractivity contribution in [3.8, 4) is 0 Å². The minimum atomic E-state index is -1.59. The second-order valence-corrected chi connectivity index (χ2v) is 7.63. The number of carbonyl (C=O) groups excluding carboxylic acids is 4. The number of allylic oxidation sites excluding steroid dienone is 2. The number of hydroxylamine groups is 2. The summed E-state index contributed by atoms with van der Waals surface area (Å²) < 4.78 is 5.42. The average molecular weight is 371 g/mol. The third-order valence-corrected chi connectivity index (χ3v) is 4.48. The van der Waals surface area contributed by atoms with E-state index in [2.05, 4.69) is 0 Å². The molecule has 1 unspecified atom stereocenters. The van der Waals surface area contributed by atoms with E-state index in [1.54, 1.807) is 39.0 Å². The molecule has 27 heavy (non-hydrogen) atoms. The molecule has 1 aromatic rings. The zero-order valence-corrected chi connectivity index (χ0v) is 15.5. The number of benzene rings is 1. The fourth-order valence-electron chi connectivity index (χ4n) is 3.08. The Balaban J connectivity index is 1.86. The van der Waals surface area contributed by atoms with Crippen molar-refractivity contribution >= 4 is 23.8 Å². The van der Waals surface area contributed by atoms with Crippen LogP contribution in [0.3, 0.4) is 0 Å². The lowest BCUT2D eigenvalue weighted by Crippen LogP contribution is -2.48. The van der Waals surface area contributed by atoms with Crippen molar-refractivity contribution in [2.45, 2.75) is 45.6 Å². The molecule has 0 saturated carbocycles. The second-order valence-electron chi connectivity index (χ2n) is 7.63. The zero-order chi connectivity index (χ0) is 19.8. The Kier molecular flexibility index (Phi) is 4.63. The van der Waals surface area contributed by atoms with Crippen LogP contribution in [0.4, 0.5) is 0 Å². The van der Waals surface area contributed by atoms with Crippen molar-refractivity contribution in [3.63, 3.8) is 0 Å². The fourth-order valence-corrected chi connectivity index (χ4v) is 3.08. The summed E-state index contributed by atoms with van der Waals surface area (Å²) in [6, 6.07) is 6.19. The molecule has 0 N–H and O–H groups in total. The number of hydrogen-bond acceptors (Lipinski definition) is 6. The molecule has 1 heterocycles. The number of imide groups is 1. The van der Waals surface area contributed by atoms with Gasteiger partial charge in [0.25, 0.3) is 11.8 Å². The van der Waals surface area contributed by atoms with Gasteiger partial charge < -0.3 is 9.57 Å². The van der Waals surface area contributed by atoms with Crippen LogP contribution in [0.25, 0.3) is 0 Å². The van der Waals surface area contributed by atoms with Crippen molar-refractivity contribution in [3.05, 3.63) is 47.5 Å². The van der Waals surface area contributed by atoms with Gasteiger partial charge in [-0.05, 0) is 52.2 Å². The smallest absolute Gasteiger partial charge is 0.350 e. The molecule has 0 bridgehead atoms. The minimum absolute atomic E-state index is 0.0872. The molecule has 1 atom stereocenters. The van der Waals surface area contributed by atoms with E-state index >= 15 is 0 Å². The molecule has 1 aromatic carbocycles. The molecule has 2 amide bonds. The number of amides is 2. The maximum Gasteiger partial charge on any atom is 0.350 e. The van der Waals surface area contributed by atoms with Crippen LogP contribution in [0, 0.1) is 5.41 Å². The third kappa shape index (κ3) is 3.37. The molecular weight excluding hydrogens is 350 g/mol. The van der Waals surface area contributed by atoms with Gasteiger partial charge in [-0.2, -0.15) is 0 Å². The largest absolute Gasteiger partial charge is 0.459 e. The molecule has 142 valence electrons. The molecule has 0 spiro atoms. The maximum absolute atomic E-state index is 12.9. The van der Waals surface area contributed by atoms with Crippen molar-refractivity contribution in [2.24, 2.45) is 5.41 Å². The summed E-state index contributed by atoms with van der Waals surface area (Å²) in [5.41, 5.74) is -2.06. The molecule has 0 saturated heterocycles. The Morgan fingerprint density at radius 2 is 1.59 bits per heavy atom. The van der Waals surface area contributed by atoms with Gasteiger partial charge in [0.05, 0.1) is 11.1 Å². The van der Waals surface area contributed by atoms with Gasteiger partial charge in [-0.15, -0.1) is 0 Å². The van der Waals surface area contributed by atoms with Gasteiger partial charge in [-0.1, -0.05) is 29.3 Å². The number of hydrogen-bond donors (Lipinski definition) is 0. The van der Waals surface area contributed by atoms with E-state index in [4.69, 9.17) is 9.57 Å². The van der Waals surface area contributed by atoms with Crippen LogP contribution in [0.15, 0.2) is 36.4 Å². The van der Waals surface area contributed by atoms with Gasteiger partial charge in [0, 0.05) is 0 Å². The molecule has 0 fully saturated rings. The highest BCUT2D eigenvalue weighted by molar-refractivity contribution is 6.21. The summed E-state index contributed by atoms with van der Waals surface area (Å²) >= 11 is 0. The van der Waals surface area contributed by atoms with Gasteiger partial charge in [0.1, 0.15) is 5.60 Å². The number of fused-ring (bicyclic) bond motifs is 1. The highest BCUT2D eigenvalue weighted by Crippen LogP contribution is 2.38. The van der Waals surface area contributed by atoms with Gasteiger partial charge in [0.15, 0.2) is 5.41 Å². The third-order valence-electron chi connectivity index (χ3n) is 4.48. The van der Waals surface area contributed by atoms with Gasteiger partial charge >= 0.3 is 11.9 Å². The predicted octanol–water partition coefficient (Wildman–Crippen LogP) is 2.81. The molecule has 1 aliphatic heterocycles. The van der Waals surface area contributed by atoms with Gasteiger partial charge in [-0.3, -0.25) is 14.4 Å². The number of carbonyl (C=O) groups is 4. The minimum Gasteiger partial charge on any atom is -0.459 e. The number of esters is 1. The summed E-state index contributed by atoms with van der Waals surface area (Å²) in [7, 11) is 0. The first-order chi connectivity index (χ1) is 12.7. The van der Waals surface area contributed by atoms with Gasteiger partial charge in [0.2, 0.25) is 0 Å². The van der Waals surface area contributed by atoms with E-state index in [1.165, 1.54) is 12.1 Å². The SMILES string of the molecule is CC(C)(C)OC(=O)C1(C(=O)ON2C(=O)c3ccccc3C2=O)CC=CCC1. The van der Waals surface area contributed by atoms with E-state index in [9.17, 15) is 19.2 Å². The Bertz CT molecular complexity index is 815. The number of nitrogens with zero attached hydrogens (tertiary/aromatic N) is 1. The van der Waals surface area contributed by atoms with Crippen molar-refractivity contribution in [1.29, 1.82) is 0 Å². The van der Waals surface area contributed by atoms with E-state index in [0.29, 0.717) is 11.5 Å². The Hall–Kier alpha value is -2.96. The molecule has 2 aliphatic rings. The quantitative estimate of drug-likeness (QED) is 0.351. The molecule has 0 radical (unpaired) electrons. The van der Waals surface area contributed by atoms with Gasteiger partial charge in [-0.25, -0.2) is 4.79 Å². The number of rotatable bonds is 3. The summed E-state index contributed by atoms with van der Waals surface area (Å²) in [5.74, 6) is -3.14. The molecule has 0 aromatic heterocycles. The van der Waals surface area contributed by atoms with Crippen LogP contribution < -0.4 is 0 Å². The van der Waals surface area contributed by atoms with Crippen LogP contribution in [0.5, 0.6) is 0 Å². The summed E-state index contributed by atoms with van der Waals surface area (Å²) in [6.45, 7) is 5.10. The van der Waals surface area contributed by atoms with Crippen LogP contribution in [-0.4, -0.2) is 34.4 Å². The lowest BCUT2D eigenvalue weighted by atomic mass is 9.77. The lowest BCUT2D eigenvalue weighted by Gasteiger charge is -2.33. The molecule has 7 heteroatoms. The van der Waals surface area contributed by atoms with Crippen molar-refractivity contribution < 1.29 is 28.8 Å². The first-order valence-corrected chi connectivity index (χ1v) is 8.74. The summed E-state index contributed by atoms with van der Waals surface area (Å²) in [4.78, 5) is 55.7. The Morgan fingerprint density at radius 3 is 2.07 bits per heavy atom. The van der Waals surface area contributed by atoms with Crippen molar-refractivity contribution in [2.75, 3.05) is 0 Å². The highest BCUT2D eigenvalue weighted by Gasteiger charge is 2.52. The topological polar surface area (TPSA) is 90.0 Å². The average Bonchev–Trinajstić information content (AvgIpc) is 2.86. The first-order valence-electron chi connectivity index (χ1n) is 8.74. The van der Waals surface area contributed by atoms with Crippen LogP contribution in [0.2, 0.25) is 0 Å². The molecule has 3 rings (SSSR count). The second kappa shape index (κ2) is 6.64. The highest BCUT2D eigenvalue weighted by atomic mass is 16.7. The van der Waals surface area contributed by atoms with Crippen LogP contribution >= 0.6 is 0 Å². The molecule has 7 nitrogen and oxygen atoms in total. The molecule has 1 aliphatic carbocycles. The monoisotopic (exact) mass is 371 g/mol. The fraction of sp³-hybridized carbons (Fsp3) is 0.400. The number of ether oxygens (including phenoxy) is 1. The van der Waals surface area contributed by atoms with Crippen LogP contribution in [0.1, 0.15) is 60.7 Å². The summed E-state index contributed by atoms with van der Waals surface area (Å²) in [6.07, 6.45) is 4.32. The summed E-state index contributed by atoms with van der Waals surface area (Å²) in [5, 5.41) is 0.428. The van der Waals surface area contributed by atoms with E-state index in [-0.39, 0.29) is 24.0 Å². The van der Waals surface area contributed by atoms with E-state index < -0.39 is 34.8 Å². The van der Waals surface area contributed by atoms with E-state index in [1.807, 2.05) is 6.08 Å². The Morgan fingerprint density at radius 1 is 1.00 bits per heavy atom. The Labute approximate surface area is 156 Å². The predicted molar refractivity (Wildman–Crippen MR) is 94.3 cm³/mol. The van der Waals surface area contributed by atoms with Crippen LogP contribution in [-0.2, 0) is 19.2 Å². The maximum atomic E-state index is 12.9. The zero-order valence-electron chi connectivity index (χ0n) is 15.5. The standard InChI is InChI=1S/C20H21NO6/c1-19(2,3)26-17(24)20(11-7-4-8-12-20)18(25)27-21-15(22)13-9-5-6-10-14(13)16(21)23/h4-7,9-10H,8,11-12H2,1-3H3. The lowest BCUT2D eigenvalue weighted by molar-refractivity contribution is -0.194. The van der Waals surface area contributed by atoms with E-state index in [0.717, 1.165) is 0 Å². The van der Waals surface area contributed by atoms with Crippen molar-refractivity contribution in [1.82, 2.24) is 5.06 Å². The molecular formula is C20H21NO6. The first kappa shape index (κ1) is 18.8.